The van der Waals surface area contributed by atoms with Gasteiger partial charge in [0, 0.05) is 25.4 Å². The van der Waals surface area contributed by atoms with Crippen LogP contribution in [0.25, 0.3) is 0 Å². The molecule has 0 radical (unpaired) electrons. The number of aryl methyl sites for hydroxylation is 1. The van der Waals surface area contributed by atoms with Crippen molar-refractivity contribution in [1.82, 2.24) is 10.2 Å². The largest absolute Gasteiger partial charge is 0.493 e. The van der Waals surface area contributed by atoms with Crippen LogP contribution in [0.15, 0.2) is 78.9 Å². The van der Waals surface area contributed by atoms with E-state index in [0.717, 1.165) is 23.1 Å². The molecule has 0 aromatic heterocycles. The van der Waals surface area contributed by atoms with Crippen LogP contribution in [0.4, 0.5) is 0 Å². The molecule has 0 bridgehead atoms. The number of hydrogen-bond acceptors (Lipinski definition) is 4. The maximum Gasteiger partial charge on any atom is 0.243 e. The van der Waals surface area contributed by atoms with E-state index in [9.17, 15) is 9.59 Å². The number of hydrogen-bond donors (Lipinski definition) is 1. The van der Waals surface area contributed by atoms with Crippen molar-refractivity contribution < 1.29 is 19.1 Å². The maximum absolute atomic E-state index is 13.8. The van der Waals surface area contributed by atoms with Crippen LogP contribution < -0.4 is 14.8 Å². The summed E-state index contributed by atoms with van der Waals surface area (Å²) in [6.45, 7) is 4.38. The van der Waals surface area contributed by atoms with E-state index in [0.29, 0.717) is 30.9 Å². The maximum atomic E-state index is 13.8. The molecule has 3 rings (SSSR count). The second kappa shape index (κ2) is 14.1. The lowest BCUT2D eigenvalue weighted by atomic mass is 10.0. The Bertz CT molecular complexity index is 1130. The fourth-order valence-electron chi connectivity index (χ4n) is 4.21. The second-order valence-corrected chi connectivity index (χ2v) is 9.22. The summed E-state index contributed by atoms with van der Waals surface area (Å²) < 4.78 is 10.8. The fourth-order valence-corrected chi connectivity index (χ4v) is 4.21. The molecule has 3 aromatic carbocycles. The molecule has 3 aromatic rings. The highest BCUT2D eigenvalue weighted by molar-refractivity contribution is 5.88. The first-order valence-corrected chi connectivity index (χ1v) is 12.8. The van der Waals surface area contributed by atoms with E-state index in [1.807, 2.05) is 92.7 Å². The van der Waals surface area contributed by atoms with Gasteiger partial charge in [0.1, 0.15) is 6.04 Å². The monoisotopic (exact) mass is 502 g/mol. The third-order valence-electron chi connectivity index (χ3n) is 6.54. The van der Waals surface area contributed by atoms with Gasteiger partial charge >= 0.3 is 0 Å². The Kier molecular flexibility index (Phi) is 10.6. The van der Waals surface area contributed by atoms with Crippen LogP contribution in [0.2, 0.25) is 0 Å². The summed E-state index contributed by atoms with van der Waals surface area (Å²) in [7, 11) is 3.19. The van der Waals surface area contributed by atoms with Crippen LogP contribution in [0.1, 0.15) is 43.4 Å². The number of carbonyl (C=O) groups is 2. The Morgan fingerprint density at radius 1 is 0.838 bits per heavy atom. The summed E-state index contributed by atoms with van der Waals surface area (Å²) in [6, 6.07) is 24.8. The minimum absolute atomic E-state index is 0.0196. The molecule has 0 aliphatic carbocycles. The van der Waals surface area contributed by atoms with Crippen molar-refractivity contribution in [2.75, 3.05) is 14.2 Å². The number of nitrogens with zero attached hydrogens (tertiary/aromatic N) is 1. The lowest BCUT2D eigenvalue weighted by molar-refractivity contribution is -0.141. The summed E-state index contributed by atoms with van der Waals surface area (Å²) >= 11 is 0. The molecule has 6 nitrogen and oxygen atoms in total. The van der Waals surface area contributed by atoms with E-state index in [4.69, 9.17) is 9.47 Å². The summed E-state index contributed by atoms with van der Waals surface area (Å²) in [4.78, 5) is 29.1. The lowest BCUT2D eigenvalue weighted by Crippen LogP contribution is -2.52. The Hall–Kier alpha value is -3.80. The summed E-state index contributed by atoms with van der Waals surface area (Å²) in [5.41, 5.74) is 2.96. The van der Waals surface area contributed by atoms with Crippen molar-refractivity contribution >= 4 is 11.8 Å². The van der Waals surface area contributed by atoms with Gasteiger partial charge in [0.25, 0.3) is 0 Å². The smallest absolute Gasteiger partial charge is 0.243 e. The third kappa shape index (κ3) is 8.10. The van der Waals surface area contributed by atoms with E-state index in [-0.39, 0.29) is 24.3 Å². The average Bonchev–Trinajstić information content (AvgIpc) is 2.94. The van der Waals surface area contributed by atoms with Gasteiger partial charge in [0.15, 0.2) is 11.5 Å². The van der Waals surface area contributed by atoms with Crippen molar-refractivity contribution in [2.45, 2.75) is 58.2 Å². The Labute approximate surface area is 220 Å². The van der Waals surface area contributed by atoms with Crippen LogP contribution in [-0.4, -0.2) is 43.0 Å². The highest BCUT2D eigenvalue weighted by Gasteiger charge is 2.30. The van der Waals surface area contributed by atoms with Crippen molar-refractivity contribution in [3.8, 4) is 11.5 Å². The highest BCUT2D eigenvalue weighted by atomic mass is 16.5. The molecule has 37 heavy (non-hydrogen) atoms. The molecule has 1 N–H and O–H groups in total. The minimum Gasteiger partial charge on any atom is -0.493 e. The van der Waals surface area contributed by atoms with E-state index >= 15 is 0 Å². The van der Waals surface area contributed by atoms with Gasteiger partial charge in [0.2, 0.25) is 11.8 Å². The molecule has 196 valence electrons. The quantitative estimate of drug-likeness (QED) is 0.349. The highest BCUT2D eigenvalue weighted by Crippen LogP contribution is 2.28. The second-order valence-electron chi connectivity index (χ2n) is 9.22. The van der Waals surface area contributed by atoms with Crippen LogP contribution >= 0.6 is 0 Å². The average molecular weight is 503 g/mol. The van der Waals surface area contributed by atoms with E-state index in [2.05, 4.69) is 5.32 Å². The Morgan fingerprint density at radius 3 is 2.05 bits per heavy atom. The molecule has 2 atom stereocenters. The van der Waals surface area contributed by atoms with Gasteiger partial charge < -0.3 is 19.7 Å². The van der Waals surface area contributed by atoms with E-state index in [1.165, 1.54) is 0 Å². The van der Waals surface area contributed by atoms with E-state index < -0.39 is 6.04 Å². The lowest BCUT2D eigenvalue weighted by Gasteiger charge is -2.32. The zero-order valence-corrected chi connectivity index (χ0v) is 22.3. The van der Waals surface area contributed by atoms with Gasteiger partial charge in [-0.05, 0) is 48.6 Å². The number of ether oxygens (including phenoxy) is 2. The van der Waals surface area contributed by atoms with Crippen molar-refractivity contribution in [2.24, 2.45) is 0 Å². The number of carbonyl (C=O) groups excluding carboxylic acids is 2. The molecule has 0 spiro atoms. The number of rotatable bonds is 13. The summed E-state index contributed by atoms with van der Waals surface area (Å²) in [6.07, 6.45) is 2.05. The number of amides is 2. The first-order chi connectivity index (χ1) is 17.9. The van der Waals surface area contributed by atoms with Gasteiger partial charge in [-0.3, -0.25) is 9.59 Å². The van der Waals surface area contributed by atoms with Crippen LogP contribution in [0.3, 0.4) is 0 Å². The van der Waals surface area contributed by atoms with Gasteiger partial charge in [-0.25, -0.2) is 0 Å². The zero-order chi connectivity index (χ0) is 26.6. The number of benzene rings is 3. The van der Waals surface area contributed by atoms with Crippen molar-refractivity contribution in [1.29, 1.82) is 0 Å². The predicted octanol–water partition coefficient (Wildman–Crippen LogP) is 5.19. The standard InChI is InChI=1S/C31H38N2O4/c1-5-23(2)32-31(35)27(20-24-12-8-6-9-13-24)33(22-26-14-10-7-11-15-26)30(34)19-17-25-16-18-28(36-3)29(21-25)37-4/h6-16,18,21,23,27H,5,17,19-20,22H2,1-4H3,(H,32,35)/t23-,27-/m0/s1. The number of nitrogens with one attached hydrogen (secondary N) is 1. The summed E-state index contributed by atoms with van der Waals surface area (Å²) in [5.74, 6) is 1.07. The van der Waals surface area contributed by atoms with Crippen molar-refractivity contribution in [3.05, 3.63) is 95.6 Å². The molecule has 2 amide bonds. The number of methoxy groups -OCH3 is 2. The molecule has 0 unspecified atom stereocenters. The molecule has 0 saturated carbocycles. The fraction of sp³-hybridized carbons (Fsp3) is 0.355. The molecule has 0 heterocycles. The van der Waals surface area contributed by atoms with Gasteiger partial charge in [0.05, 0.1) is 14.2 Å². The molecular formula is C31H38N2O4. The Balaban J connectivity index is 1.89. The molecule has 0 fully saturated rings. The molecule has 0 aliphatic rings. The van der Waals surface area contributed by atoms with Gasteiger partial charge in [-0.1, -0.05) is 73.7 Å². The molecule has 0 aliphatic heterocycles. The third-order valence-corrected chi connectivity index (χ3v) is 6.54. The zero-order valence-electron chi connectivity index (χ0n) is 22.3. The Morgan fingerprint density at radius 2 is 1.46 bits per heavy atom. The first kappa shape index (κ1) is 27.8. The SMILES string of the molecule is CC[C@H](C)NC(=O)[C@H](Cc1ccccc1)N(Cc1ccccc1)C(=O)CCc1ccc(OC)c(OC)c1. The normalized spacial score (nSPS) is 12.3. The van der Waals surface area contributed by atoms with Crippen LogP contribution in [-0.2, 0) is 29.0 Å². The molecule has 6 heteroatoms. The molecular weight excluding hydrogens is 464 g/mol. The first-order valence-electron chi connectivity index (χ1n) is 12.8. The minimum atomic E-state index is -0.630. The molecule has 0 saturated heterocycles. The summed E-state index contributed by atoms with van der Waals surface area (Å²) in [5, 5.41) is 3.11. The van der Waals surface area contributed by atoms with Crippen molar-refractivity contribution in [3.63, 3.8) is 0 Å². The van der Waals surface area contributed by atoms with E-state index in [1.54, 1.807) is 19.1 Å². The van der Waals surface area contributed by atoms with Gasteiger partial charge in [-0.2, -0.15) is 0 Å². The van der Waals surface area contributed by atoms with Crippen LogP contribution in [0, 0.1) is 0 Å². The topological polar surface area (TPSA) is 67.9 Å². The van der Waals surface area contributed by atoms with Gasteiger partial charge in [-0.15, -0.1) is 0 Å². The van der Waals surface area contributed by atoms with Crippen LogP contribution in [0.5, 0.6) is 11.5 Å². The predicted molar refractivity (Wildman–Crippen MR) is 147 cm³/mol.